The molecule has 0 unspecified atom stereocenters. The summed E-state index contributed by atoms with van der Waals surface area (Å²) in [5.74, 6) is 0.195. The fraction of sp³-hybridized carbons (Fsp3) is 0.690. The van der Waals surface area contributed by atoms with Crippen LogP contribution < -0.4 is 0 Å². The van der Waals surface area contributed by atoms with Gasteiger partial charge in [0.15, 0.2) is 0 Å². The Balaban J connectivity index is 1.35. The molecule has 3 fully saturated rings. The highest BCUT2D eigenvalue weighted by Gasteiger charge is 2.45. The molecule has 2 N–H and O–H groups in total. The standard InChI is InChI=1S/C29H43NO5/c31-26-20-27(35-21-22-12-14-24(15-13-22)23-8-4-3-5-9-23)25(10-6-1-2-7-11-28(32)33)29(26)30-16-18-34-19-17-30/h1-2,12-15,23,25-27,29,31H,3-11,16-21H2,(H,32,33)/t25-,26+,27-,29+/m0/s1. The SMILES string of the molecule is O=C(O)CCC=CCC[C@@H]1[C@@H](N2CCOCC2)[C@H](O)C[C@@H]1OCc1ccc(C2CCCCC2)cc1. The summed E-state index contributed by atoms with van der Waals surface area (Å²) >= 11 is 0. The Bertz CT molecular complexity index is 798. The second kappa shape index (κ2) is 13.5. The van der Waals surface area contributed by atoms with Crippen molar-refractivity contribution < 1.29 is 24.5 Å². The molecule has 0 spiro atoms. The average molecular weight is 486 g/mol. The molecule has 6 nitrogen and oxygen atoms in total. The lowest BCUT2D eigenvalue weighted by Gasteiger charge is -2.38. The molecular formula is C29H43NO5. The third kappa shape index (κ3) is 7.63. The summed E-state index contributed by atoms with van der Waals surface area (Å²) < 4.78 is 12.0. The van der Waals surface area contributed by atoms with Gasteiger partial charge in [0.1, 0.15) is 0 Å². The van der Waals surface area contributed by atoms with Crippen molar-refractivity contribution in [1.29, 1.82) is 0 Å². The van der Waals surface area contributed by atoms with E-state index in [4.69, 9.17) is 14.6 Å². The number of carboxylic acids is 1. The second-order valence-corrected chi connectivity index (χ2v) is 10.5. The quantitative estimate of drug-likeness (QED) is 0.434. The van der Waals surface area contributed by atoms with Gasteiger partial charge in [-0.15, -0.1) is 0 Å². The van der Waals surface area contributed by atoms with Gasteiger partial charge in [0.2, 0.25) is 0 Å². The molecule has 0 bridgehead atoms. The Labute approximate surface area is 210 Å². The predicted molar refractivity (Wildman–Crippen MR) is 136 cm³/mol. The molecule has 6 heteroatoms. The summed E-state index contributed by atoms with van der Waals surface area (Å²) in [4.78, 5) is 13.1. The number of hydrogen-bond acceptors (Lipinski definition) is 5. The van der Waals surface area contributed by atoms with E-state index in [0.29, 0.717) is 38.6 Å². The van der Waals surface area contributed by atoms with Gasteiger partial charge < -0.3 is 19.7 Å². The molecule has 35 heavy (non-hydrogen) atoms. The molecule has 4 rings (SSSR count). The molecular weight excluding hydrogens is 442 g/mol. The van der Waals surface area contributed by atoms with Gasteiger partial charge in [-0.25, -0.2) is 0 Å². The van der Waals surface area contributed by atoms with Crippen LogP contribution >= 0.6 is 0 Å². The van der Waals surface area contributed by atoms with Gasteiger partial charge >= 0.3 is 5.97 Å². The minimum atomic E-state index is -0.763. The van der Waals surface area contributed by atoms with E-state index in [-0.39, 0.29) is 24.5 Å². The Kier molecular flexibility index (Phi) is 10.2. The summed E-state index contributed by atoms with van der Waals surface area (Å²) in [6, 6.07) is 9.09. The number of aliphatic carboxylic acids is 1. The number of nitrogens with zero attached hydrogens (tertiary/aromatic N) is 1. The molecule has 1 aromatic rings. The Morgan fingerprint density at radius 2 is 1.77 bits per heavy atom. The topological polar surface area (TPSA) is 79.2 Å². The highest BCUT2D eigenvalue weighted by Crippen LogP contribution is 2.37. The maximum atomic E-state index is 11.0. The van der Waals surface area contributed by atoms with Gasteiger partial charge in [-0.1, -0.05) is 55.7 Å². The summed E-state index contributed by atoms with van der Waals surface area (Å²) in [7, 11) is 0. The summed E-state index contributed by atoms with van der Waals surface area (Å²) in [6.45, 7) is 3.70. The van der Waals surface area contributed by atoms with E-state index in [0.717, 1.165) is 25.9 Å². The molecule has 3 aliphatic rings. The monoisotopic (exact) mass is 485 g/mol. The smallest absolute Gasteiger partial charge is 0.303 e. The normalized spacial score (nSPS) is 28.6. The minimum absolute atomic E-state index is 0.0169. The van der Waals surface area contributed by atoms with Crippen LogP contribution in [0.15, 0.2) is 36.4 Å². The third-order valence-electron chi connectivity index (χ3n) is 8.13. The Morgan fingerprint density at radius 3 is 2.49 bits per heavy atom. The maximum absolute atomic E-state index is 11.0. The first-order valence-electron chi connectivity index (χ1n) is 13.7. The number of benzene rings is 1. The number of hydrogen-bond donors (Lipinski definition) is 2. The van der Waals surface area contributed by atoms with Crippen LogP contribution in [0.3, 0.4) is 0 Å². The van der Waals surface area contributed by atoms with Crippen LogP contribution in [0.2, 0.25) is 0 Å². The summed E-state index contributed by atoms with van der Waals surface area (Å²) in [5, 5.41) is 19.8. The predicted octanol–water partition coefficient (Wildman–Crippen LogP) is 4.90. The highest BCUT2D eigenvalue weighted by molar-refractivity contribution is 5.66. The lowest BCUT2D eigenvalue weighted by Crippen LogP contribution is -2.50. The van der Waals surface area contributed by atoms with Crippen molar-refractivity contribution in [2.24, 2.45) is 5.92 Å². The van der Waals surface area contributed by atoms with Crippen molar-refractivity contribution in [3.05, 3.63) is 47.5 Å². The largest absolute Gasteiger partial charge is 0.481 e. The fourth-order valence-corrected chi connectivity index (χ4v) is 6.25. The van der Waals surface area contributed by atoms with Crippen LogP contribution in [0.5, 0.6) is 0 Å². The van der Waals surface area contributed by atoms with Crippen molar-refractivity contribution in [3.8, 4) is 0 Å². The molecule has 0 aromatic heterocycles. The summed E-state index contributed by atoms with van der Waals surface area (Å²) in [5.41, 5.74) is 2.66. The van der Waals surface area contributed by atoms with Crippen LogP contribution in [0.4, 0.5) is 0 Å². The zero-order valence-electron chi connectivity index (χ0n) is 21.0. The van der Waals surface area contributed by atoms with Crippen LogP contribution in [0.1, 0.15) is 81.3 Å². The van der Waals surface area contributed by atoms with E-state index in [1.807, 2.05) is 6.08 Å². The number of aliphatic hydroxyl groups is 1. The summed E-state index contributed by atoms with van der Waals surface area (Å²) in [6.07, 6.45) is 13.6. The number of carboxylic acid groups (broad SMARTS) is 1. The molecule has 4 atom stereocenters. The molecule has 0 amide bonds. The fourth-order valence-electron chi connectivity index (χ4n) is 6.25. The van der Waals surface area contributed by atoms with E-state index >= 15 is 0 Å². The van der Waals surface area contributed by atoms with Crippen LogP contribution in [0.25, 0.3) is 0 Å². The first-order valence-corrected chi connectivity index (χ1v) is 13.7. The minimum Gasteiger partial charge on any atom is -0.481 e. The van der Waals surface area contributed by atoms with Gasteiger partial charge in [-0.05, 0) is 49.1 Å². The van der Waals surface area contributed by atoms with Crippen molar-refractivity contribution >= 4 is 5.97 Å². The van der Waals surface area contributed by atoms with Crippen molar-refractivity contribution in [1.82, 2.24) is 4.90 Å². The molecule has 1 aromatic carbocycles. The van der Waals surface area contributed by atoms with E-state index in [2.05, 4.69) is 35.2 Å². The Morgan fingerprint density at radius 1 is 1.06 bits per heavy atom. The molecule has 1 saturated heterocycles. The van der Waals surface area contributed by atoms with Gasteiger partial charge in [-0.3, -0.25) is 9.69 Å². The lowest BCUT2D eigenvalue weighted by molar-refractivity contribution is -0.136. The van der Waals surface area contributed by atoms with E-state index in [1.54, 1.807) is 0 Å². The average Bonchev–Trinajstić information content (AvgIpc) is 3.20. The third-order valence-corrected chi connectivity index (χ3v) is 8.13. The van der Waals surface area contributed by atoms with Crippen LogP contribution in [0, 0.1) is 5.92 Å². The second-order valence-electron chi connectivity index (χ2n) is 10.5. The van der Waals surface area contributed by atoms with Crippen molar-refractivity contribution in [3.63, 3.8) is 0 Å². The van der Waals surface area contributed by atoms with Gasteiger partial charge in [0.05, 0.1) is 32.0 Å². The van der Waals surface area contributed by atoms with Gasteiger partial charge in [-0.2, -0.15) is 0 Å². The number of carbonyl (C=O) groups is 1. The molecule has 1 aliphatic heterocycles. The lowest BCUT2D eigenvalue weighted by atomic mass is 9.84. The highest BCUT2D eigenvalue weighted by atomic mass is 16.5. The molecule has 1 heterocycles. The van der Waals surface area contributed by atoms with Gasteiger partial charge in [0.25, 0.3) is 0 Å². The van der Waals surface area contributed by atoms with E-state index < -0.39 is 12.1 Å². The number of ether oxygens (including phenoxy) is 2. The first-order chi connectivity index (χ1) is 17.1. The zero-order chi connectivity index (χ0) is 24.5. The number of morpholine rings is 1. The van der Waals surface area contributed by atoms with E-state index in [9.17, 15) is 9.90 Å². The van der Waals surface area contributed by atoms with Gasteiger partial charge in [0, 0.05) is 37.9 Å². The van der Waals surface area contributed by atoms with E-state index in [1.165, 1.54) is 43.2 Å². The molecule has 0 radical (unpaired) electrons. The maximum Gasteiger partial charge on any atom is 0.303 e. The number of allylic oxidation sites excluding steroid dienone is 2. The molecule has 2 aliphatic carbocycles. The first kappa shape index (κ1) is 26.3. The van der Waals surface area contributed by atoms with Crippen LogP contribution in [-0.2, 0) is 20.9 Å². The zero-order valence-corrected chi connectivity index (χ0v) is 21.0. The molecule has 2 saturated carbocycles. The van der Waals surface area contributed by atoms with Crippen LogP contribution in [-0.4, -0.2) is 65.6 Å². The van der Waals surface area contributed by atoms with Crippen molar-refractivity contribution in [2.45, 2.75) is 95.0 Å². The Hall–Kier alpha value is -1.73. The number of rotatable bonds is 11. The molecule has 194 valence electrons. The number of aliphatic hydroxyl groups excluding tert-OH is 1. The van der Waals surface area contributed by atoms with Crippen molar-refractivity contribution in [2.75, 3.05) is 26.3 Å².